The summed E-state index contributed by atoms with van der Waals surface area (Å²) in [7, 11) is 0. The molecule has 0 saturated heterocycles. The fourth-order valence-electron chi connectivity index (χ4n) is 1.55. The second-order valence-corrected chi connectivity index (χ2v) is 7.64. The molecule has 0 saturated carbocycles. The molecule has 0 aliphatic carbocycles. The molecule has 0 aliphatic rings. The number of rotatable bonds is 5. The van der Waals surface area contributed by atoms with Crippen molar-refractivity contribution >= 4 is 41.3 Å². The van der Waals surface area contributed by atoms with E-state index in [1.165, 1.54) is 26.0 Å². The number of hydrogen-bond acceptors (Lipinski definition) is 7. The molecule has 0 radical (unpaired) electrons. The highest BCUT2D eigenvalue weighted by molar-refractivity contribution is 8.01. The van der Waals surface area contributed by atoms with E-state index in [-0.39, 0.29) is 11.5 Å². The van der Waals surface area contributed by atoms with Gasteiger partial charge in [0, 0.05) is 18.7 Å². The molecule has 0 spiro atoms. The average molecular weight is 375 g/mol. The van der Waals surface area contributed by atoms with E-state index in [9.17, 15) is 14.4 Å². The number of esters is 3. The van der Waals surface area contributed by atoms with E-state index in [1.54, 1.807) is 26.8 Å². The molecular formula is C16H19ClO6S. The molecule has 1 unspecified atom stereocenters. The molecule has 1 rings (SSSR count). The molecular weight excluding hydrogens is 356 g/mol. The summed E-state index contributed by atoms with van der Waals surface area (Å²) in [5.41, 5.74) is -0.646. The first-order valence-electron chi connectivity index (χ1n) is 7.02. The zero-order valence-electron chi connectivity index (χ0n) is 14.0. The SMILES string of the molecule is CC(=O)Oc1ccc(SC(Cl)C(=O)OC(C)(C)C)cc1OC(C)=O. The van der Waals surface area contributed by atoms with Crippen molar-refractivity contribution in [1.82, 2.24) is 0 Å². The Kier molecular flexibility index (Phi) is 7.10. The van der Waals surface area contributed by atoms with Crippen LogP contribution in [0.3, 0.4) is 0 Å². The number of carbonyl (C=O) groups excluding carboxylic acids is 3. The van der Waals surface area contributed by atoms with Crippen LogP contribution in [0.2, 0.25) is 0 Å². The van der Waals surface area contributed by atoms with Gasteiger partial charge in [0.15, 0.2) is 16.2 Å². The quantitative estimate of drug-likeness (QED) is 0.337. The van der Waals surface area contributed by atoms with E-state index in [1.807, 2.05) is 0 Å². The number of ether oxygens (including phenoxy) is 3. The fourth-order valence-corrected chi connectivity index (χ4v) is 2.61. The average Bonchev–Trinajstić information content (AvgIpc) is 2.38. The summed E-state index contributed by atoms with van der Waals surface area (Å²) < 4.78 is 14.2. The minimum absolute atomic E-state index is 0.0655. The summed E-state index contributed by atoms with van der Waals surface area (Å²) in [4.78, 5) is 34.7. The van der Waals surface area contributed by atoms with Crippen LogP contribution in [0.25, 0.3) is 0 Å². The Morgan fingerprint density at radius 1 is 1.04 bits per heavy atom. The van der Waals surface area contributed by atoms with Crippen LogP contribution in [0.4, 0.5) is 0 Å². The van der Waals surface area contributed by atoms with Crippen LogP contribution in [-0.2, 0) is 19.1 Å². The maximum Gasteiger partial charge on any atom is 0.335 e. The van der Waals surface area contributed by atoms with Crippen LogP contribution in [0.15, 0.2) is 23.1 Å². The number of carbonyl (C=O) groups is 3. The molecule has 0 amide bonds. The number of hydrogen-bond donors (Lipinski definition) is 0. The third kappa shape index (κ3) is 7.23. The van der Waals surface area contributed by atoms with E-state index in [2.05, 4.69) is 0 Å². The molecule has 1 aromatic rings. The highest BCUT2D eigenvalue weighted by Gasteiger charge is 2.25. The number of alkyl halides is 1. The van der Waals surface area contributed by atoms with Gasteiger partial charge in [-0.3, -0.25) is 9.59 Å². The lowest BCUT2D eigenvalue weighted by atomic mass is 10.2. The number of halogens is 1. The van der Waals surface area contributed by atoms with Crippen LogP contribution in [0, 0.1) is 0 Å². The van der Waals surface area contributed by atoms with E-state index in [0.29, 0.717) is 4.90 Å². The van der Waals surface area contributed by atoms with Gasteiger partial charge >= 0.3 is 17.9 Å². The van der Waals surface area contributed by atoms with Gasteiger partial charge in [0.1, 0.15) is 5.60 Å². The van der Waals surface area contributed by atoms with Crippen molar-refractivity contribution < 1.29 is 28.6 Å². The van der Waals surface area contributed by atoms with Crippen LogP contribution in [0.1, 0.15) is 34.6 Å². The van der Waals surface area contributed by atoms with Gasteiger partial charge in [-0.05, 0) is 39.0 Å². The first-order chi connectivity index (χ1) is 11.0. The number of benzene rings is 1. The molecule has 1 aromatic carbocycles. The van der Waals surface area contributed by atoms with Crippen molar-refractivity contribution in [3.63, 3.8) is 0 Å². The van der Waals surface area contributed by atoms with Gasteiger partial charge in [0.05, 0.1) is 0 Å². The minimum atomic E-state index is -0.978. The maximum absolute atomic E-state index is 11.9. The molecule has 0 aromatic heterocycles. The monoisotopic (exact) mass is 374 g/mol. The normalized spacial score (nSPS) is 12.2. The van der Waals surface area contributed by atoms with E-state index in [4.69, 9.17) is 25.8 Å². The molecule has 0 aliphatic heterocycles. The van der Waals surface area contributed by atoms with Crippen LogP contribution < -0.4 is 9.47 Å². The summed E-state index contributed by atoms with van der Waals surface area (Å²) in [6.45, 7) is 7.68. The smallest absolute Gasteiger partial charge is 0.335 e. The second kappa shape index (κ2) is 8.39. The summed E-state index contributed by atoms with van der Waals surface area (Å²) in [6, 6.07) is 4.51. The third-order valence-corrected chi connectivity index (χ3v) is 3.63. The van der Waals surface area contributed by atoms with Crippen molar-refractivity contribution in [2.45, 2.75) is 49.8 Å². The Labute approximate surface area is 149 Å². The predicted molar refractivity (Wildman–Crippen MR) is 90.4 cm³/mol. The molecule has 0 fully saturated rings. The van der Waals surface area contributed by atoms with Crippen molar-refractivity contribution in [2.24, 2.45) is 0 Å². The van der Waals surface area contributed by atoms with Crippen LogP contribution >= 0.6 is 23.4 Å². The van der Waals surface area contributed by atoms with E-state index >= 15 is 0 Å². The van der Waals surface area contributed by atoms with Gasteiger partial charge in [0.2, 0.25) is 0 Å². The minimum Gasteiger partial charge on any atom is -0.458 e. The molecule has 0 N–H and O–H groups in total. The maximum atomic E-state index is 11.9. The van der Waals surface area contributed by atoms with Crippen molar-refractivity contribution in [2.75, 3.05) is 0 Å². The standard InChI is InChI=1S/C16H19ClO6S/c1-9(18)21-12-7-6-11(8-13(12)22-10(2)19)24-14(17)15(20)23-16(3,4)5/h6-8,14H,1-5H3. The van der Waals surface area contributed by atoms with E-state index in [0.717, 1.165) is 11.8 Å². The van der Waals surface area contributed by atoms with Gasteiger partial charge in [-0.15, -0.1) is 0 Å². The van der Waals surface area contributed by atoms with Gasteiger partial charge < -0.3 is 14.2 Å². The Morgan fingerprint density at radius 3 is 2.08 bits per heavy atom. The first kappa shape index (κ1) is 20.3. The topological polar surface area (TPSA) is 78.9 Å². The Hall–Kier alpha value is -1.73. The Balaban J connectivity index is 2.94. The Bertz CT molecular complexity index is 638. The molecule has 132 valence electrons. The zero-order valence-corrected chi connectivity index (χ0v) is 15.6. The lowest BCUT2D eigenvalue weighted by Crippen LogP contribution is -2.27. The summed E-state index contributed by atoms with van der Waals surface area (Å²) in [5.74, 6) is -1.53. The molecule has 0 heterocycles. The van der Waals surface area contributed by atoms with Gasteiger partial charge in [-0.1, -0.05) is 23.4 Å². The van der Waals surface area contributed by atoms with Crippen molar-refractivity contribution in [1.29, 1.82) is 0 Å². The molecule has 1 atom stereocenters. The fraction of sp³-hybridized carbons (Fsp3) is 0.438. The van der Waals surface area contributed by atoms with Crippen molar-refractivity contribution in [3.05, 3.63) is 18.2 Å². The highest BCUT2D eigenvalue weighted by Crippen LogP contribution is 2.35. The van der Waals surface area contributed by atoms with E-state index < -0.39 is 28.2 Å². The van der Waals surface area contributed by atoms with Gasteiger partial charge in [-0.2, -0.15) is 0 Å². The summed E-state index contributed by atoms with van der Waals surface area (Å²) in [5, 5.41) is 0. The first-order valence-corrected chi connectivity index (χ1v) is 8.34. The summed E-state index contributed by atoms with van der Waals surface area (Å²) >= 11 is 7.07. The molecule has 8 heteroatoms. The zero-order chi connectivity index (χ0) is 18.5. The van der Waals surface area contributed by atoms with Gasteiger partial charge in [-0.25, -0.2) is 4.79 Å². The van der Waals surface area contributed by atoms with Crippen LogP contribution in [-0.4, -0.2) is 28.2 Å². The number of thioether (sulfide) groups is 1. The Morgan fingerprint density at radius 2 is 1.58 bits per heavy atom. The molecule has 24 heavy (non-hydrogen) atoms. The molecule has 6 nitrogen and oxygen atoms in total. The summed E-state index contributed by atoms with van der Waals surface area (Å²) in [6.07, 6.45) is 0. The van der Waals surface area contributed by atoms with Crippen LogP contribution in [0.5, 0.6) is 11.5 Å². The second-order valence-electron chi connectivity index (χ2n) is 5.76. The molecule has 0 bridgehead atoms. The van der Waals surface area contributed by atoms with Crippen molar-refractivity contribution in [3.8, 4) is 11.5 Å². The lowest BCUT2D eigenvalue weighted by Gasteiger charge is -2.21. The predicted octanol–water partition coefficient (Wildman–Crippen LogP) is 3.54. The lowest BCUT2D eigenvalue weighted by molar-refractivity contribution is -0.152. The third-order valence-electron chi connectivity index (χ3n) is 2.25. The largest absolute Gasteiger partial charge is 0.458 e. The highest BCUT2D eigenvalue weighted by atomic mass is 35.5. The van der Waals surface area contributed by atoms with Gasteiger partial charge in [0.25, 0.3) is 0 Å².